The van der Waals surface area contributed by atoms with Gasteiger partial charge in [0.25, 0.3) is 0 Å². The van der Waals surface area contributed by atoms with Crippen LogP contribution in [0, 0.1) is 0 Å². The number of hydrogen-bond acceptors (Lipinski definition) is 4. The number of aryl methyl sites for hydroxylation is 1. The first kappa shape index (κ1) is 10.0. The van der Waals surface area contributed by atoms with Gasteiger partial charge in [0.05, 0.1) is 11.7 Å². The molecule has 0 amide bonds. The average molecular weight is 222 g/mol. The standard InChI is InChI=1S/C10H14N4S/c1-7(9-4-3-5-15-9)12-10-8(11)6-14(2)13-10/h3-7H,11H2,1-2H3,(H,12,13). The van der Waals surface area contributed by atoms with E-state index in [1.807, 2.05) is 13.1 Å². The molecule has 0 spiro atoms. The van der Waals surface area contributed by atoms with Crippen molar-refractivity contribution in [1.82, 2.24) is 9.78 Å². The van der Waals surface area contributed by atoms with E-state index in [1.54, 1.807) is 22.2 Å². The molecular formula is C10H14N4S. The number of hydrogen-bond donors (Lipinski definition) is 2. The van der Waals surface area contributed by atoms with Gasteiger partial charge in [0.1, 0.15) is 0 Å². The minimum absolute atomic E-state index is 0.238. The predicted octanol–water partition coefficient (Wildman–Crippen LogP) is 2.24. The molecule has 2 aromatic rings. The molecule has 2 rings (SSSR count). The van der Waals surface area contributed by atoms with Crippen molar-refractivity contribution in [3.63, 3.8) is 0 Å². The van der Waals surface area contributed by atoms with Gasteiger partial charge in [0.15, 0.2) is 5.82 Å². The molecule has 1 unspecified atom stereocenters. The first-order valence-corrected chi connectivity index (χ1v) is 5.64. The Hall–Kier alpha value is -1.49. The highest BCUT2D eigenvalue weighted by molar-refractivity contribution is 7.10. The van der Waals surface area contributed by atoms with Crippen LogP contribution in [0.3, 0.4) is 0 Å². The molecule has 2 aromatic heterocycles. The van der Waals surface area contributed by atoms with Crippen LogP contribution < -0.4 is 11.1 Å². The van der Waals surface area contributed by atoms with E-state index in [0.717, 1.165) is 5.82 Å². The molecule has 0 fully saturated rings. The normalized spacial score (nSPS) is 12.7. The van der Waals surface area contributed by atoms with Gasteiger partial charge in [0, 0.05) is 18.1 Å². The molecular weight excluding hydrogens is 208 g/mol. The summed E-state index contributed by atoms with van der Waals surface area (Å²) >= 11 is 1.73. The Labute approximate surface area is 92.7 Å². The van der Waals surface area contributed by atoms with E-state index in [1.165, 1.54) is 4.88 Å². The van der Waals surface area contributed by atoms with E-state index in [-0.39, 0.29) is 6.04 Å². The zero-order valence-electron chi connectivity index (χ0n) is 8.77. The number of nitrogens with one attached hydrogen (secondary N) is 1. The topological polar surface area (TPSA) is 55.9 Å². The maximum Gasteiger partial charge on any atom is 0.171 e. The summed E-state index contributed by atoms with van der Waals surface area (Å²) in [6, 6.07) is 4.38. The van der Waals surface area contributed by atoms with Crippen molar-refractivity contribution in [2.24, 2.45) is 7.05 Å². The molecule has 0 bridgehead atoms. The molecule has 0 saturated heterocycles. The summed E-state index contributed by atoms with van der Waals surface area (Å²) in [6.07, 6.45) is 1.80. The summed E-state index contributed by atoms with van der Waals surface area (Å²) in [6.45, 7) is 2.10. The summed E-state index contributed by atoms with van der Waals surface area (Å²) in [7, 11) is 1.86. The Morgan fingerprint density at radius 3 is 2.93 bits per heavy atom. The second kappa shape index (κ2) is 3.94. The summed E-state index contributed by atoms with van der Waals surface area (Å²) in [4.78, 5) is 1.28. The van der Waals surface area contributed by atoms with Gasteiger partial charge in [-0.3, -0.25) is 4.68 Å². The number of rotatable bonds is 3. The highest BCUT2D eigenvalue weighted by Gasteiger charge is 2.10. The summed E-state index contributed by atoms with van der Waals surface area (Å²) in [5, 5.41) is 9.60. The smallest absolute Gasteiger partial charge is 0.171 e. The van der Waals surface area contributed by atoms with Gasteiger partial charge in [-0.1, -0.05) is 6.07 Å². The highest BCUT2D eigenvalue weighted by Crippen LogP contribution is 2.24. The number of thiophene rings is 1. The van der Waals surface area contributed by atoms with Crippen molar-refractivity contribution in [1.29, 1.82) is 0 Å². The third kappa shape index (κ3) is 2.12. The van der Waals surface area contributed by atoms with Crippen LogP contribution in [0.25, 0.3) is 0 Å². The van der Waals surface area contributed by atoms with Gasteiger partial charge < -0.3 is 11.1 Å². The quantitative estimate of drug-likeness (QED) is 0.837. The first-order valence-electron chi connectivity index (χ1n) is 4.76. The molecule has 1 atom stereocenters. The van der Waals surface area contributed by atoms with E-state index < -0.39 is 0 Å². The first-order chi connectivity index (χ1) is 7.16. The lowest BCUT2D eigenvalue weighted by Gasteiger charge is -2.11. The molecule has 0 aliphatic rings. The second-order valence-electron chi connectivity index (χ2n) is 3.49. The van der Waals surface area contributed by atoms with Crippen LogP contribution >= 0.6 is 11.3 Å². The van der Waals surface area contributed by atoms with Gasteiger partial charge in [-0.2, -0.15) is 5.10 Å². The molecule has 0 aliphatic carbocycles. The van der Waals surface area contributed by atoms with Crippen LogP contribution in [0.1, 0.15) is 17.8 Å². The van der Waals surface area contributed by atoms with Crippen LogP contribution in [-0.2, 0) is 7.05 Å². The lowest BCUT2D eigenvalue weighted by Crippen LogP contribution is -2.07. The zero-order chi connectivity index (χ0) is 10.8. The van der Waals surface area contributed by atoms with Crippen LogP contribution in [0.5, 0.6) is 0 Å². The van der Waals surface area contributed by atoms with Crippen molar-refractivity contribution in [2.75, 3.05) is 11.1 Å². The van der Waals surface area contributed by atoms with Crippen molar-refractivity contribution in [3.05, 3.63) is 28.6 Å². The van der Waals surface area contributed by atoms with Crippen molar-refractivity contribution < 1.29 is 0 Å². The maximum absolute atomic E-state index is 5.80. The molecule has 0 radical (unpaired) electrons. The minimum Gasteiger partial charge on any atom is -0.394 e. The number of anilines is 2. The Bertz CT molecular complexity index is 432. The minimum atomic E-state index is 0.238. The van der Waals surface area contributed by atoms with Gasteiger partial charge in [0.2, 0.25) is 0 Å². The van der Waals surface area contributed by atoms with Gasteiger partial charge in [-0.05, 0) is 18.4 Å². The molecule has 0 saturated carbocycles. The third-order valence-corrected chi connectivity index (χ3v) is 3.24. The molecule has 0 aliphatic heterocycles. The fourth-order valence-electron chi connectivity index (χ4n) is 1.43. The molecule has 4 nitrogen and oxygen atoms in total. The zero-order valence-corrected chi connectivity index (χ0v) is 9.58. The second-order valence-corrected chi connectivity index (χ2v) is 4.47. The molecule has 5 heteroatoms. The number of nitrogens with zero attached hydrogens (tertiary/aromatic N) is 2. The van der Waals surface area contributed by atoms with E-state index in [2.05, 4.69) is 28.8 Å². The third-order valence-electron chi connectivity index (χ3n) is 2.18. The summed E-state index contributed by atoms with van der Waals surface area (Å²) < 4.78 is 1.71. The Balaban J connectivity index is 2.12. The van der Waals surface area contributed by atoms with E-state index >= 15 is 0 Å². The fourth-order valence-corrected chi connectivity index (χ4v) is 2.17. The number of aromatic nitrogens is 2. The Kier molecular flexibility index (Phi) is 2.64. The van der Waals surface area contributed by atoms with E-state index in [9.17, 15) is 0 Å². The Morgan fingerprint density at radius 2 is 2.40 bits per heavy atom. The molecule has 0 aromatic carbocycles. The van der Waals surface area contributed by atoms with E-state index in [0.29, 0.717) is 5.69 Å². The summed E-state index contributed by atoms with van der Waals surface area (Å²) in [5.41, 5.74) is 6.48. The van der Waals surface area contributed by atoms with Crippen LogP contribution in [-0.4, -0.2) is 9.78 Å². The molecule has 15 heavy (non-hydrogen) atoms. The van der Waals surface area contributed by atoms with E-state index in [4.69, 9.17) is 5.73 Å². The lowest BCUT2D eigenvalue weighted by molar-refractivity contribution is 0.762. The number of nitrogens with two attached hydrogens (primary N) is 1. The van der Waals surface area contributed by atoms with Crippen molar-refractivity contribution in [2.45, 2.75) is 13.0 Å². The monoisotopic (exact) mass is 222 g/mol. The van der Waals surface area contributed by atoms with Gasteiger partial charge >= 0.3 is 0 Å². The Morgan fingerprint density at radius 1 is 1.60 bits per heavy atom. The largest absolute Gasteiger partial charge is 0.394 e. The summed E-state index contributed by atoms with van der Waals surface area (Å²) in [5.74, 6) is 0.749. The molecule has 80 valence electrons. The highest BCUT2D eigenvalue weighted by atomic mass is 32.1. The van der Waals surface area contributed by atoms with Gasteiger partial charge in [-0.25, -0.2) is 0 Å². The van der Waals surface area contributed by atoms with Crippen LogP contribution in [0.4, 0.5) is 11.5 Å². The molecule has 2 heterocycles. The van der Waals surface area contributed by atoms with Crippen LogP contribution in [0.2, 0.25) is 0 Å². The van der Waals surface area contributed by atoms with Crippen LogP contribution in [0.15, 0.2) is 23.7 Å². The lowest BCUT2D eigenvalue weighted by atomic mass is 10.3. The maximum atomic E-state index is 5.80. The number of nitrogen functional groups attached to an aromatic ring is 1. The molecule has 3 N–H and O–H groups in total. The van der Waals surface area contributed by atoms with Crippen molar-refractivity contribution in [3.8, 4) is 0 Å². The SMILES string of the molecule is CC(Nc1nn(C)cc1N)c1cccs1. The average Bonchev–Trinajstić information content (AvgIpc) is 2.76. The van der Waals surface area contributed by atoms with Gasteiger partial charge in [-0.15, -0.1) is 11.3 Å². The fraction of sp³-hybridized carbons (Fsp3) is 0.300. The van der Waals surface area contributed by atoms with Crippen molar-refractivity contribution >= 4 is 22.8 Å². The predicted molar refractivity (Wildman–Crippen MR) is 64.0 cm³/mol.